The van der Waals surface area contributed by atoms with Gasteiger partial charge >= 0.3 is 0 Å². The highest BCUT2D eigenvalue weighted by molar-refractivity contribution is 5.16. The fourth-order valence-electron chi connectivity index (χ4n) is 2.61. The van der Waals surface area contributed by atoms with Crippen molar-refractivity contribution in [2.24, 2.45) is 5.92 Å². The zero-order valence-electron chi connectivity index (χ0n) is 9.45. The summed E-state index contributed by atoms with van der Waals surface area (Å²) in [5.74, 6) is 0.439. The lowest BCUT2D eigenvalue weighted by Crippen LogP contribution is -2.38. The van der Waals surface area contributed by atoms with E-state index in [0.717, 1.165) is 12.8 Å². The number of benzene rings is 1. The Bertz CT molecular complexity index is 302. The number of aliphatic hydroxyl groups is 1. The van der Waals surface area contributed by atoms with Gasteiger partial charge in [-0.25, -0.2) is 0 Å². The fourth-order valence-corrected chi connectivity index (χ4v) is 2.61. The van der Waals surface area contributed by atoms with Crippen LogP contribution in [-0.2, 0) is 6.42 Å². The highest BCUT2D eigenvalue weighted by atomic mass is 16.3. The van der Waals surface area contributed by atoms with E-state index < -0.39 is 5.60 Å². The molecule has 1 fully saturated rings. The third-order valence-corrected chi connectivity index (χ3v) is 3.69. The van der Waals surface area contributed by atoms with E-state index in [1.165, 1.54) is 24.8 Å². The minimum absolute atomic E-state index is 0.439. The molecule has 2 rings (SSSR count). The number of hydrogen-bond donors (Lipinski definition) is 1. The minimum Gasteiger partial charge on any atom is -0.390 e. The maximum absolute atomic E-state index is 10.3. The molecule has 2 atom stereocenters. The van der Waals surface area contributed by atoms with Crippen LogP contribution in [0.1, 0.15) is 38.2 Å². The van der Waals surface area contributed by atoms with Crippen LogP contribution in [0.5, 0.6) is 0 Å². The van der Waals surface area contributed by atoms with Gasteiger partial charge in [0.25, 0.3) is 0 Å². The summed E-state index contributed by atoms with van der Waals surface area (Å²) >= 11 is 0. The van der Waals surface area contributed by atoms with E-state index in [0.29, 0.717) is 5.92 Å². The molecular weight excluding hydrogens is 184 g/mol. The molecule has 0 saturated heterocycles. The van der Waals surface area contributed by atoms with E-state index in [9.17, 15) is 5.11 Å². The second-order valence-corrected chi connectivity index (χ2v) is 4.99. The third-order valence-electron chi connectivity index (χ3n) is 3.69. The van der Waals surface area contributed by atoms with Crippen molar-refractivity contribution in [3.8, 4) is 0 Å². The second kappa shape index (κ2) is 4.36. The summed E-state index contributed by atoms with van der Waals surface area (Å²) in [7, 11) is 0. The molecule has 1 N–H and O–H groups in total. The Morgan fingerprint density at radius 1 is 1.27 bits per heavy atom. The molecule has 2 unspecified atom stereocenters. The molecule has 1 aromatic carbocycles. The van der Waals surface area contributed by atoms with Crippen molar-refractivity contribution in [3.63, 3.8) is 0 Å². The molecule has 0 aromatic heterocycles. The summed E-state index contributed by atoms with van der Waals surface area (Å²) < 4.78 is 0. The van der Waals surface area contributed by atoms with Gasteiger partial charge in [-0.05, 0) is 37.7 Å². The Balaban J connectivity index is 2.05. The first-order valence-corrected chi connectivity index (χ1v) is 5.95. The molecule has 1 saturated carbocycles. The van der Waals surface area contributed by atoms with E-state index in [1.807, 2.05) is 13.0 Å². The Morgan fingerprint density at radius 2 is 2.00 bits per heavy atom. The van der Waals surface area contributed by atoms with Crippen LogP contribution in [0.4, 0.5) is 0 Å². The molecule has 1 aliphatic rings. The molecule has 1 aliphatic carbocycles. The SMILES string of the molecule is CC1(O)CCCCC1Cc1ccccc1. The third kappa shape index (κ3) is 2.60. The maximum Gasteiger partial charge on any atom is 0.0651 e. The number of rotatable bonds is 2. The molecular formula is C14H20O. The van der Waals surface area contributed by atoms with Crippen molar-refractivity contribution in [2.75, 3.05) is 0 Å². The molecule has 0 radical (unpaired) electrons. The molecule has 1 heteroatoms. The highest BCUT2D eigenvalue weighted by Gasteiger charge is 2.33. The van der Waals surface area contributed by atoms with Crippen LogP contribution >= 0.6 is 0 Å². The summed E-state index contributed by atoms with van der Waals surface area (Å²) in [4.78, 5) is 0. The fraction of sp³-hybridized carbons (Fsp3) is 0.571. The van der Waals surface area contributed by atoms with Gasteiger partial charge in [0.05, 0.1) is 5.60 Å². The van der Waals surface area contributed by atoms with Crippen molar-refractivity contribution in [1.29, 1.82) is 0 Å². The van der Waals surface area contributed by atoms with Crippen LogP contribution in [-0.4, -0.2) is 10.7 Å². The van der Waals surface area contributed by atoms with Crippen LogP contribution in [0.15, 0.2) is 30.3 Å². The lowest BCUT2D eigenvalue weighted by atomic mass is 9.74. The molecule has 0 amide bonds. The van der Waals surface area contributed by atoms with Crippen molar-refractivity contribution in [3.05, 3.63) is 35.9 Å². The van der Waals surface area contributed by atoms with E-state index in [4.69, 9.17) is 0 Å². The van der Waals surface area contributed by atoms with Crippen molar-refractivity contribution < 1.29 is 5.11 Å². The lowest BCUT2D eigenvalue weighted by molar-refractivity contribution is -0.0314. The zero-order chi connectivity index (χ0) is 10.7. The molecule has 0 aliphatic heterocycles. The van der Waals surface area contributed by atoms with Gasteiger partial charge in [-0.2, -0.15) is 0 Å². The van der Waals surface area contributed by atoms with Gasteiger partial charge in [0, 0.05) is 0 Å². The van der Waals surface area contributed by atoms with Crippen molar-refractivity contribution in [1.82, 2.24) is 0 Å². The van der Waals surface area contributed by atoms with Crippen LogP contribution < -0.4 is 0 Å². The van der Waals surface area contributed by atoms with Crippen LogP contribution in [0, 0.1) is 5.92 Å². The molecule has 0 spiro atoms. The van der Waals surface area contributed by atoms with E-state index in [-0.39, 0.29) is 0 Å². The first-order chi connectivity index (χ1) is 7.18. The second-order valence-electron chi connectivity index (χ2n) is 4.99. The average molecular weight is 204 g/mol. The molecule has 0 heterocycles. The quantitative estimate of drug-likeness (QED) is 0.784. The Hall–Kier alpha value is -0.820. The Kier molecular flexibility index (Phi) is 3.11. The predicted octanol–water partition coefficient (Wildman–Crippen LogP) is 3.17. The van der Waals surface area contributed by atoms with E-state index in [1.54, 1.807) is 0 Å². The Labute approximate surface area is 92.1 Å². The summed E-state index contributed by atoms with van der Waals surface area (Å²) in [5.41, 5.74) is 0.901. The predicted molar refractivity (Wildman–Crippen MR) is 62.7 cm³/mol. The summed E-state index contributed by atoms with van der Waals surface area (Å²) in [6.45, 7) is 2.00. The topological polar surface area (TPSA) is 20.2 Å². The largest absolute Gasteiger partial charge is 0.390 e. The highest BCUT2D eigenvalue weighted by Crippen LogP contribution is 2.35. The first-order valence-electron chi connectivity index (χ1n) is 5.95. The van der Waals surface area contributed by atoms with Crippen LogP contribution in [0.3, 0.4) is 0 Å². The van der Waals surface area contributed by atoms with Crippen LogP contribution in [0.2, 0.25) is 0 Å². The molecule has 1 aromatic rings. The zero-order valence-corrected chi connectivity index (χ0v) is 9.45. The van der Waals surface area contributed by atoms with Gasteiger partial charge in [0.15, 0.2) is 0 Å². The molecule has 0 bridgehead atoms. The van der Waals surface area contributed by atoms with Gasteiger partial charge in [0.2, 0.25) is 0 Å². The van der Waals surface area contributed by atoms with E-state index >= 15 is 0 Å². The maximum atomic E-state index is 10.3. The Morgan fingerprint density at radius 3 is 2.67 bits per heavy atom. The first kappa shape index (κ1) is 10.7. The minimum atomic E-state index is -0.450. The summed E-state index contributed by atoms with van der Waals surface area (Å²) in [6, 6.07) is 10.5. The van der Waals surface area contributed by atoms with Gasteiger partial charge in [-0.1, -0.05) is 43.2 Å². The standard InChI is InChI=1S/C14H20O/c1-14(15)10-6-5-9-13(14)11-12-7-3-2-4-8-12/h2-4,7-8,13,15H,5-6,9-11H2,1H3. The molecule has 82 valence electrons. The normalized spacial score (nSPS) is 31.5. The lowest BCUT2D eigenvalue weighted by Gasteiger charge is -2.37. The van der Waals surface area contributed by atoms with Gasteiger partial charge in [-0.3, -0.25) is 0 Å². The van der Waals surface area contributed by atoms with Crippen molar-refractivity contribution in [2.45, 2.75) is 44.6 Å². The van der Waals surface area contributed by atoms with Gasteiger partial charge < -0.3 is 5.11 Å². The van der Waals surface area contributed by atoms with Crippen LogP contribution in [0.25, 0.3) is 0 Å². The average Bonchev–Trinajstić information content (AvgIpc) is 2.23. The van der Waals surface area contributed by atoms with Crippen molar-refractivity contribution >= 4 is 0 Å². The van der Waals surface area contributed by atoms with Gasteiger partial charge in [0.1, 0.15) is 0 Å². The number of hydrogen-bond acceptors (Lipinski definition) is 1. The monoisotopic (exact) mass is 204 g/mol. The molecule has 15 heavy (non-hydrogen) atoms. The van der Waals surface area contributed by atoms with E-state index in [2.05, 4.69) is 24.3 Å². The summed E-state index contributed by atoms with van der Waals surface area (Å²) in [6.07, 6.45) is 5.60. The summed E-state index contributed by atoms with van der Waals surface area (Å²) in [5, 5.41) is 10.3. The molecule has 1 nitrogen and oxygen atoms in total. The van der Waals surface area contributed by atoms with Gasteiger partial charge in [-0.15, -0.1) is 0 Å². The smallest absolute Gasteiger partial charge is 0.0651 e.